The van der Waals surface area contributed by atoms with Crippen molar-refractivity contribution in [2.24, 2.45) is 11.8 Å². The fraction of sp³-hybridized carbons (Fsp3) is 0.667. The van der Waals surface area contributed by atoms with Crippen LogP contribution in [0.3, 0.4) is 0 Å². The molecule has 1 saturated heterocycles. The maximum absolute atomic E-state index is 14.5. The van der Waals surface area contributed by atoms with Crippen molar-refractivity contribution in [1.82, 2.24) is 15.1 Å². The van der Waals surface area contributed by atoms with Gasteiger partial charge in [0.2, 0.25) is 11.8 Å². The number of carbonyl (C=O) groups is 2. The van der Waals surface area contributed by atoms with Crippen molar-refractivity contribution in [3.63, 3.8) is 0 Å². The Morgan fingerprint density at radius 3 is 2.55 bits per heavy atom. The highest BCUT2D eigenvalue weighted by Gasteiger charge is 2.33. The van der Waals surface area contributed by atoms with Gasteiger partial charge in [-0.2, -0.15) is 0 Å². The number of piperidine rings is 1. The lowest BCUT2D eigenvalue weighted by atomic mass is 9.77. The Labute approximate surface area is 190 Å². The summed E-state index contributed by atoms with van der Waals surface area (Å²) in [7, 11) is 0. The molecule has 1 N–H and O–H groups in total. The van der Waals surface area contributed by atoms with Crippen LogP contribution in [0.15, 0.2) is 18.2 Å². The highest BCUT2D eigenvalue weighted by atomic mass is 35.5. The van der Waals surface area contributed by atoms with Crippen LogP contribution in [0.1, 0.15) is 58.4 Å². The van der Waals surface area contributed by atoms with Crippen LogP contribution >= 0.6 is 11.6 Å². The molecule has 1 aliphatic heterocycles. The zero-order valence-electron chi connectivity index (χ0n) is 18.9. The first-order chi connectivity index (χ1) is 14.8. The van der Waals surface area contributed by atoms with Crippen molar-refractivity contribution in [3.05, 3.63) is 34.6 Å². The lowest BCUT2D eigenvalue weighted by Crippen LogP contribution is -2.51. The van der Waals surface area contributed by atoms with Crippen LogP contribution in [0.5, 0.6) is 0 Å². The van der Waals surface area contributed by atoms with E-state index < -0.39 is 0 Å². The summed E-state index contributed by atoms with van der Waals surface area (Å²) in [5.41, 5.74) is 0.456. The summed E-state index contributed by atoms with van der Waals surface area (Å²) in [5.74, 6) is 0.700. The first-order valence-corrected chi connectivity index (χ1v) is 11.9. The summed E-state index contributed by atoms with van der Waals surface area (Å²) in [6, 6.07) is 5.02. The standard InChI is InChI=1S/C24H35ClFN3O2/c1-16-6-4-9-23(17(16)2)29(14-20-21(25)7-5-8-22(20)26)15-24(31)27-19-10-12-28(13-11-19)18(3)30/h5,7-8,16-17,19,23H,4,6,9-15H2,1-3H3,(H,27,31). The number of hydrogen-bond acceptors (Lipinski definition) is 3. The second-order valence-electron chi connectivity index (χ2n) is 9.29. The zero-order chi connectivity index (χ0) is 22.5. The van der Waals surface area contributed by atoms with E-state index in [9.17, 15) is 14.0 Å². The number of nitrogens with zero attached hydrogens (tertiary/aromatic N) is 2. The normalized spacial score (nSPS) is 25.0. The van der Waals surface area contributed by atoms with Gasteiger partial charge in [-0.05, 0) is 43.2 Å². The molecule has 1 heterocycles. The van der Waals surface area contributed by atoms with Gasteiger partial charge >= 0.3 is 0 Å². The monoisotopic (exact) mass is 451 g/mol. The predicted molar refractivity (Wildman–Crippen MR) is 121 cm³/mol. The molecular formula is C24H35ClFN3O2. The Kier molecular flexibility index (Phi) is 8.34. The molecule has 3 atom stereocenters. The third kappa shape index (κ3) is 6.19. The number of benzene rings is 1. The molecule has 2 aliphatic rings. The Morgan fingerprint density at radius 2 is 1.90 bits per heavy atom. The molecule has 5 nitrogen and oxygen atoms in total. The molecule has 2 fully saturated rings. The van der Waals surface area contributed by atoms with Crippen molar-refractivity contribution < 1.29 is 14.0 Å². The van der Waals surface area contributed by atoms with E-state index in [1.807, 2.05) is 4.90 Å². The second kappa shape index (κ2) is 10.8. The summed E-state index contributed by atoms with van der Waals surface area (Å²) in [4.78, 5) is 28.4. The lowest BCUT2D eigenvalue weighted by Gasteiger charge is -2.42. The molecule has 0 radical (unpaired) electrons. The zero-order valence-corrected chi connectivity index (χ0v) is 19.6. The Hall–Kier alpha value is -1.66. The van der Waals surface area contributed by atoms with Crippen molar-refractivity contribution >= 4 is 23.4 Å². The Bertz CT molecular complexity index is 762. The van der Waals surface area contributed by atoms with Crippen LogP contribution in [0.25, 0.3) is 0 Å². The molecular weight excluding hydrogens is 417 g/mol. The molecule has 1 aliphatic carbocycles. The molecule has 1 saturated carbocycles. The molecule has 31 heavy (non-hydrogen) atoms. The van der Waals surface area contributed by atoms with Gasteiger partial charge in [0, 0.05) is 49.2 Å². The molecule has 0 aromatic heterocycles. The molecule has 3 rings (SSSR count). The molecule has 7 heteroatoms. The van der Waals surface area contributed by atoms with Crippen LogP contribution in [0.2, 0.25) is 5.02 Å². The summed E-state index contributed by atoms with van der Waals surface area (Å²) in [6.45, 7) is 7.96. The van der Waals surface area contributed by atoms with Crippen LogP contribution in [-0.2, 0) is 16.1 Å². The van der Waals surface area contributed by atoms with E-state index >= 15 is 0 Å². The van der Waals surface area contributed by atoms with Gasteiger partial charge in [0.05, 0.1) is 6.54 Å². The fourth-order valence-electron chi connectivity index (χ4n) is 5.04. The maximum Gasteiger partial charge on any atom is 0.234 e. The van der Waals surface area contributed by atoms with Crippen LogP contribution in [0.4, 0.5) is 4.39 Å². The Balaban J connectivity index is 1.69. The average Bonchev–Trinajstić information content (AvgIpc) is 2.72. The second-order valence-corrected chi connectivity index (χ2v) is 9.69. The maximum atomic E-state index is 14.5. The number of halogens is 2. The first-order valence-electron chi connectivity index (χ1n) is 11.5. The minimum atomic E-state index is -0.328. The minimum Gasteiger partial charge on any atom is -0.352 e. The van der Waals surface area contributed by atoms with Gasteiger partial charge in [0.1, 0.15) is 5.82 Å². The molecule has 172 valence electrons. The highest BCUT2D eigenvalue weighted by molar-refractivity contribution is 6.31. The van der Waals surface area contributed by atoms with Gasteiger partial charge in [-0.3, -0.25) is 14.5 Å². The average molecular weight is 452 g/mol. The molecule has 0 bridgehead atoms. The van der Waals surface area contributed by atoms with Crippen molar-refractivity contribution in [1.29, 1.82) is 0 Å². The van der Waals surface area contributed by atoms with Crippen molar-refractivity contribution in [2.75, 3.05) is 19.6 Å². The van der Waals surface area contributed by atoms with Crippen LogP contribution in [0, 0.1) is 17.7 Å². The third-order valence-corrected chi connectivity index (χ3v) is 7.56. The van der Waals surface area contributed by atoms with Gasteiger partial charge in [0.15, 0.2) is 0 Å². The molecule has 0 spiro atoms. The van der Waals surface area contributed by atoms with E-state index in [1.54, 1.807) is 19.1 Å². The SMILES string of the molecule is CC(=O)N1CCC(NC(=O)CN(Cc2c(F)cccc2Cl)C2CCCC(C)C2C)CC1. The molecule has 2 amide bonds. The minimum absolute atomic E-state index is 0.0424. The summed E-state index contributed by atoms with van der Waals surface area (Å²) in [5, 5.41) is 3.55. The molecule has 1 aromatic carbocycles. The van der Waals surface area contributed by atoms with E-state index in [1.165, 1.54) is 12.5 Å². The smallest absolute Gasteiger partial charge is 0.234 e. The molecule has 1 aromatic rings. The number of hydrogen-bond donors (Lipinski definition) is 1. The van der Waals surface area contributed by atoms with Gasteiger partial charge < -0.3 is 10.2 Å². The van der Waals surface area contributed by atoms with Gasteiger partial charge in [-0.15, -0.1) is 0 Å². The van der Waals surface area contributed by atoms with E-state index in [0.717, 1.165) is 25.7 Å². The van der Waals surface area contributed by atoms with Gasteiger partial charge in [-0.25, -0.2) is 4.39 Å². The summed E-state index contributed by atoms with van der Waals surface area (Å²) in [6.07, 6.45) is 4.83. The van der Waals surface area contributed by atoms with E-state index in [-0.39, 0.29) is 36.3 Å². The number of amides is 2. The number of carbonyl (C=O) groups excluding carboxylic acids is 2. The summed E-state index contributed by atoms with van der Waals surface area (Å²) < 4.78 is 14.5. The van der Waals surface area contributed by atoms with Crippen molar-refractivity contribution in [3.8, 4) is 0 Å². The molecule has 3 unspecified atom stereocenters. The van der Waals surface area contributed by atoms with Gasteiger partial charge in [0.25, 0.3) is 0 Å². The predicted octanol–water partition coefficient (Wildman–Crippen LogP) is 4.23. The quantitative estimate of drug-likeness (QED) is 0.704. The first kappa shape index (κ1) is 24.0. The van der Waals surface area contributed by atoms with E-state index in [2.05, 4.69) is 24.1 Å². The topological polar surface area (TPSA) is 52.7 Å². The van der Waals surface area contributed by atoms with Gasteiger partial charge in [-0.1, -0.05) is 44.4 Å². The highest BCUT2D eigenvalue weighted by Crippen LogP contribution is 2.34. The van der Waals surface area contributed by atoms with E-state index in [4.69, 9.17) is 11.6 Å². The van der Waals surface area contributed by atoms with Crippen LogP contribution < -0.4 is 5.32 Å². The number of nitrogens with one attached hydrogen (secondary N) is 1. The largest absolute Gasteiger partial charge is 0.352 e. The fourth-order valence-corrected chi connectivity index (χ4v) is 5.27. The Morgan fingerprint density at radius 1 is 1.19 bits per heavy atom. The van der Waals surface area contributed by atoms with E-state index in [0.29, 0.717) is 42.1 Å². The van der Waals surface area contributed by atoms with Crippen LogP contribution in [-0.4, -0.2) is 53.3 Å². The summed E-state index contributed by atoms with van der Waals surface area (Å²) >= 11 is 6.31. The lowest BCUT2D eigenvalue weighted by molar-refractivity contribution is -0.130. The number of rotatable bonds is 6. The number of likely N-dealkylation sites (tertiary alicyclic amines) is 1. The third-order valence-electron chi connectivity index (χ3n) is 7.21. The van der Waals surface area contributed by atoms with Crippen molar-refractivity contribution in [2.45, 2.75) is 71.5 Å².